The number of nitrogens with one attached hydrogen (secondary N) is 2. The van der Waals surface area contributed by atoms with Crippen molar-refractivity contribution in [2.45, 2.75) is 58.2 Å². The van der Waals surface area contributed by atoms with Crippen molar-refractivity contribution in [1.29, 1.82) is 0 Å². The third-order valence-electron chi connectivity index (χ3n) is 5.40. The van der Waals surface area contributed by atoms with Crippen LogP contribution in [-0.2, 0) is 4.79 Å². The second kappa shape index (κ2) is 10.1. The number of rotatable bonds is 10. The Morgan fingerprint density at radius 1 is 1.30 bits per heavy atom. The van der Waals surface area contributed by atoms with Gasteiger partial charge in [0.2, 0.25) is 23.4 Å². The largest absolute Gasteiger partial charge is 0.474 e. The molecule has 2 N–H and O–H groups in total. The lowest BCUT2D eigenvalue weighted by Gasteiger charge is -2.23. The van der Waals surface area contributed by atoms with Gasteiger partial charge < -0.3 is 10.1 Å². The number of hydrogen-bond acceptors (Lipinski definition) is 6. The van der Waals surface area contributed by atoms with Crippen LogP contribution in [0.2, 0.25) is 0 Å². The highest BCUT2D eigenvalue weighted by molar-refractivity contribution is 5.95. The zero-order valence-electron chi connectivity index (χ0n) is 18.6. The van der Waals surface area contributed by atoms with Crippen molar-refractivity contribution in [3.05, 3.63) is 41.3 Å². The Morgan fingerprint density at radius 2 is 2.03 bits per heavy atom. The maximum absolute atomic E-state index is 14.1. The second-order valence-corrected chi connectivity index (χ2v) is 8.09. The van der Waals surface area contributed by atoms with Gasteiger partial charge in [0.05, 0.1) is 6.04 Å². The minimum Gasteiger partial charge on any atom is -0.474 e. The van der Waals surface area contributed by atoms with Gasteiger partial charge in [0, 0.05) is 23.9 Å². The van der Waals surface area contributed by atoms with Crippen molar-refractivity contribution in [3.63, 3.8) is 0 Å². The van der Waals surface area contributed by atoms with Gasteiger partial charge in [0.1, 0.15) is 12.3 Å². The summed E-state index contributed by atoms with van der Waals surface area (Å²) in [5, 5.41) is 5.37. The van der Waals surface area contributed by atoms with Gasteiger partial charge in [0.25, 0.3) is 12.3 Å². The Bertz CT molecular complexity index is 1020. The Hall–Kier alpha value is -3.24. The summed E-state index contributed by atoms with van der Waals surface area (Å²) >= 11 is 0. The number of halogens is 3. The van der Waals surface area contributed by atoms with Gasteiger partial charge in [-0.25, -0.2) is 28.1 Å². The zero-order valence-corrected chi connectivity index (χ0v) is 18.6. The molecule has 0 radical (unpaired) electrons. The molecule has 33 heavy (non-hydrogen) atoms. The Morgan fingerprint density at radius 3 is 2.64 bits per heavy atom. The summed E-state index contributed by atoms with van der Waals surface area (Å²) in [5.41, 5.74) is -1.53. The number of anilines is 1. The monoisotopic (exact) mass is 465 g/mol. The molecule has 0 aliphatic heterocycles. The summed E-state index contributed by atoms with van der Waals surface area (Å²) in [4.78, 5) is 36.6. The lowest BCUT2D eigenvalue weighted by atomic mass is 10.1. The van der Waals surface area contributed by atoms with E-state index in [9.17, 15) is 22.8 Å². The van der Waals surface area contributed by atoms with E-state index in [0.717, 1.165) is 12.8 Å². The molecule has 2 atom stereocenters. The van der Waals surface area contributed by atoms with Crippen LogP contribution in [0.5, 0.6) is 5.88 Å². The van der Waals surface area contributed by atoms with Crippen molar-refractivity contribution >= 4 is 17.8 Å². The number of hydrogen-bond donors (Lipinski definition) is 2. The van der Waals surface area contributed by atoms with Gasteiger partial charge in [-0.1, -0.05) is 6.92 Å². The van der Waals surface area contributed by atoms with Crippen LogP contribution in [0.3, 0.4) is 0 Å². The maximum atomic E-state index is 14.1. The number of nitrogens with zero attached hydrogens (tertiary/aromatic N) is 3. The fraction of sp³-hybridized carbons (Fsp3) is 0.500. The van der Waals surface area contributed by atoms with E-state index in [0.29, 0.717) is 11.1 Å². The van der Waals surface area contributed by atoms with Crippen LogP contribution in [0.1, 0.15) is 60.8 Å². The summed E-state index contributed by atoms with van der Waals surface area (Å²) in [6.45, 7) is 3.89. The number of aromatic nitrogens is 3. The maximum Gasteiger partial charge on any atom is 0.275 e. The fourth-order valence-corrected chi connectivity index (χ4v) is 2.94. The second-order valence-electron chi connectivity index (χ2n) is 8.09. The summed E-state index contributed by atoms with van der Waals surface area (Å²) in [7, 11) is 0. The summed E-state index contributed by atoms with van der Waals surface area (Å²) in [6.07, 6.45) is 0.915. The molecule has 2 heterocycles. The van der Waals surface area contributed by atoms with Gasteiger partial charge in [0.15, 0.2) is 0 Å². The highest BCUT2D eigenvalue weighted by Crippen LogP contribution is 2.30. The molecule has 2 aromatic heterocycles. The molecule has 1 saturated carbocycles. The lowest BCUT2D eigenvalue weighted by Crippen LogP contribution is -2.38. The van der Waals surface area contributed by atoms with Gasteiger partial charge >= 0.3 is 0 Å². The molecule has 0 spiro atoms. The molecule has 1 aliphatic carbocycles. The van der Waals surface area contributed by atoms with Crippen LogP contribution in [0, 0.1) is 12.8 Å². The van der Waals surface area contributed by atoms with E-state index in [1.807, 2.05) is 0 Å². The van der Waals surface area contributed by atoms with Crippen LogP contribution in [0.15, 0.2) is 24.5 Å². The van der Waals surface area contributed by atoms with Crippen molar-refractivity contribution in [2.75, 3.05) is 11.9 Å². The number of aryl methyl sites for hydroxylation is 1. The van der Waals surface area contributed by atoms with E-state index >= 15 is 0 Å². The molecule has 0 bridgehead atoms. The van der Waals surface area contributed by atoms with Crippen molar-refractivity contribution < 1.29 is 27.5 Å². The minimum atomic E-state index is -3.17. The molecule has 0 aromatic carbocycles. The Labute approximate surface area is 189 Å². The summed E-state index contributed by atoms with van der Waals surface area (Å²) in [5.74, 6) is -0.562. The fourth-order valence-electron chi connectivity index (χ4n) is 2.94. The first kappa shape index (κ1) is 24.4. The van der Waals surface area contributed by atoms with E-state index < -0.39 is 30.7 Å². The molecule has 11 heteroatoms. The molecule has 178 valence electrons. The van der Waals surface area contributed by atoms with Crippen LogP contribution in [0.25, 0.3) is 0 Å². The first-order chi connectivity index (χ1) is 15.6. The van der Waals surface area contributed by atoms with Crippen molar-refractivity contribution in [1.82, 2.24) is 20.3 Å². The third kappa shape index (κ3) is 6.17. The molecular weight excluding hydrogens is 439 g/mol. The number of alkyl halides is 3. The van der Waals surface area contributed by atoms with Crippen LogP contribution < -0.4 is 15.4 Å². The van der Waals surface area contributed by atoms with E-state index in [1.165, 1.54) is 25.4 Å². The number of carbonyl (C=O) groups is 2. The summed E-state index contributed by atoms with van der Waals surface area (Å²) < 4.78 is 45.1. The standard InChI is InChI=1S/C22H26F3N5O3/c1-4-22(25,20(23)24)11-33-19-12(2)9-15(10-27-19)13(3)28-18(32)16-7-8-26-21(29-16)30-17(31)14-5-6-14/h7-10,13-14,20H,4-6,11H2,1-3H3,(H,28,32)(H,26,29,30,31). The molecule has 8 nitrogen and oxygen atoms in total. The predicted molar refractivity (Wildman–Crippen MR) is 114 cm³/mol. The average Bonchev–Trinajstić information content (AvgIpc) is 3.63. The predicted octanol–water partition coefficient (Wildman–Crippen LogP) is 3.78. The molecule has 0 saturated heterocycles. The van der Waals surface area contributed by atoms with Gasteiger partial charge in [-0.2, -0.15) is 0 Å². The normalized spacial score (nSPS) is 16.1. The van der Waals surface area contributed by atoms with E-state index in [-0.39, 0.29) is 35.8 Å². The van der Waals surface area contributed by atoms with Crippen LogP contribution in [-0.4, -0.2) is 45.5 Å². The quantitative estimate of drug-likeness (QED) is 0.553. The SMILES string of the molecule is CCC(F)(COc1ncc(C(C)NC(=O)c2ccnc(NC(=O)C3CC3)n2)cc1C)C(F)F. The van der Waals surface area contributed by atoms with Crippen LogP contribution in [0.4, 0.5) is 19.1 Å². The van der Waals surface area contributed by atoms with Gasteiger partial charge in [-0.15, -0.1) is 0 Å². The number of ether oxygens (including phenoxy) is 1. The molecule has 2 amide bonds. The zero-order chi connectivity index (χ0) is 24.2. The number of pyridine rings is 1. The molecule has 2 aromatic rings. The molecule has 3 rings (SSSR count). The summed E-state index contributed by atoms with van der Waals surface area (Å²) in [6, 6.07) is 2.62. The number of amides is 2. The molecular formula is C22H26F3N5O3. The topological polar surface area (TPSA) is 106 Å². The Balaban J connectivity index is 1.62. The van der Waals surface area contributed by atoms with Crippen molar-refractivity contribution in [3.8, 4) is 5.88 Å². The van der Waals surface area contributed by atoms with Gasteiger partial charge in [-0.3, -0.25) is 14.9 Å². The van der Waals surface area contributed by atoms with Crippen molar-refractivity contribution in [2.24, 2.45) is 5.92 Å². The van der Waals surface area contributed by atoms with E-state index in [2.05, 4.69) is 25.6 Å². The van der Waals surface area contributed by atoms with E-state index in [4.69, 9.17) is 4.74 Å². The molecule has 2 unspecified atom stereocenters. The minimum absolute atomic E-state index is 0.0209. The highest BCUT2D eigenvalue weighted by atomic mass is 19.3. The van der Waals surface area contributed by atoms with E-state index in [1.54, 1.807) is 19.9 Å². The third-order valence-corrected chi connectivity index (χ3v) is 5.40. The Kier molecular flexibility index (Phi) is 7.50. The van der Waals surface area contributed by atoms with Crippen LogP contribution >= 0.6 is 0 Å². The lowest BCUT2D eigenvalue weighted by molar-refractivity contribution is -0.117. The van der Waals surface area contributed by atoms with Gasteiger partial charge in [-0.05, 0) is 50.8 Å². The first-order valence-corrected chi connectivity index (χ1v) is 10.6. The molecule has 1 fully saturated rings. The average molecular weight is 465 g/mol. The highest BCUT2D eigenvalue weighted by Gasteiger charge is 2.40. The number of carbonyl (C=O) groups excluding carboxylic acids is 2. The smallest absolute Gasteiger partial charge is 0.275 e. The molecule has 1 aliphatic rings. The first-order valence-electron chi connectivity index (χ1n) is 10.6.